The highest BCUT2D eigenvalue weighted by Gasteiger charge is 2.62. The molecule has 4 aliphatic rings. The maximum atomic E-state index is 12.6. The normalized spacial score (nSPS) is 56.8. The molecule has 0 aromatic carbocycles. The molecule has 0 unspecified atom stereocenters. The quantitative estimate of drug-likeness (QED) is 0.681. The molecule has 0 aliphatic heterocycles. The van der Waals surface area contributed by atoms with Crippen LogP contribution in [0.1, 0.15) is 65.7 Å². The van der Waals surface area contributed by atoms with Crippen LogP contribution in [0, 0.1) is 58.7 Å². The summed E-state index contributed by atoms with van der Waals surface area (Å²) in [6.07, 6.45) is 12.9. The fourth-order valence-electron chi connectivity index (χ4n) is 7.55. The van der Waals surface area contributed by atoms with Crippen LogP contribution in [-0.2, 0) is 4.79 Å². The summed E-state index contributed by atoms with van der Waals surface area (Å²) < 4.78 is 0. The highest BCUT2D eigenvalue weighted by Crippen LogP contribution is 2.67. The van der Waals surface area contributed by atoms with Crippen molar-refractivity contribution in [3.63, 3.8) is 0 Å². The Morgan fingerprint density at radius 2 is 1.96 bits per heavy atom. The van der Waals surface area contributed by atoms with E-state index in [9.17, 15) is 9.90 Å². The number of ketones is 1. The number of Topliss-reactive ketones (excluding diaryl/α,β-unsaturated/α-hetero) is 1. The van der Waals surface area contributed by atoms with E-state index < -0.39 is 0 Å². The second-order valence-electron chi connectivity index (χ2n) is 9.90. The smallest absolute Gasteiger partial charge is 0.139 e. The molecule has 2 heteroatoms. The summed E-state index contributed by atoms with van der Waals surface area (Å²) in [4.78, 5) is 12.6. The standard InChI is InChI=1S/C22H32O2/c1-5-14-10-15-11-18(23)13(2)12-22(15,4)17-8-9-21(3)16(20(14)17)6-7-19(21)24/h1,13-18,20,23H,6-12H2,2-4H3/t13-,14+,15+,16+,17+,18-,20+,21+,22+/m1/s1. The van der Waals surface area contributed by atoms with E-state index in [4.69, 9.17) is 6.42 Å². The zero-order valence-corrected chi connectivity index (χ0v) is 15.4. The van der Waals surface area contributed by atoms with Gasteiger partial charge in [0.2, 0.25) is 0 Å². The van der Waals surface area contributed by atoms with Gasteiger partial charge in [-0.2, -0.15) is 0 Å². The van der Waals surface area contributed by atoms with Crippen LogP contribution in [0.5, 0.6) is 0 Å². The molecule has 0 bridgehead atoms. The molecule has 9 atom stereocenters. The van der Waals surface area contributed by atoms with E-state index in [1.165, 1.54) is 0 Å². The molecular weight excluding hydrogens is 296 g/mol. The lowest BCUT2D eigenvalue weighted by Gasteiger charge is -2.62. The predicted octanol–water partition coefficient (Wildman–Crippen LogP) is 4.06. The van der Waals surface area contributed by atoms with Gasteiger partial charge in [0, 0.05) is 17.8 Å². The van der Waals surface area contributed by atoms with Crippen molar-refractivity contribution in [3.05, 3.63) is 0 Å². The number of aliphatic hydroxyl groups is 1. The van der Waals surface area contributed by atoms with Gasteiger partial charge in [-0.15, -0.1) is 12.3 Å². The van der Waals surface area contributed by atoms with Crippen molar-refractivity contribution < 1.29 is 9.90 Å². The number of carbonyl (C=O) groups is 1. The Morgan fingerprint density at radius 1 is 1.21 bits per heavy atom. The summed E-state index contributed by atoms with van der Waals surface area (Å²) >= 11 is 0. The van der Waals surface area contributed by atoms with E-state index in [-0.39, 0.29) is 11.5 Å². The zero-order chi connectivity index (χ0) is 17.3. The van der Waals surface area contributed by atoms with Gasteiger partial charge in [-0.1, -0.05) is 20.8 Å². The first-order valence-corrected chi connectivity index (χ1v) is 9.98. The molecule has 0 amide bonds. The number of hydrogen-bond donors (Lipinski definition) is 1. The summed E-state index contributed by atoms with van der Waals surface area (Å²) in [5.74, 6) is 6.49. The average Bonchev–Trinajstić information content (AvgIpc) is 2.84. The minimum atomic E-state index is -0.167. The monoisotopic (exact) mass is 328 g/mol. The number of rotatable bonds is 0. The lowest BCUT2D eigenvalue weighted by Crippen LogP contribution is -2.57. The maximum absolute atomic E-state index is 12.6. The lowest BCUT2D eigenvalue weighted by atomic mass is 9.42. The number of hydrogen-bond acceptors (Lipinski definition) is 2. The Labute approximate surface area is 146 Å². The Kier molecular flexibility index (Phi) is 3.70. The van der Waals surface area contributed by atoms with Gasteiger partial charge >= 0.3 is 0 Å². The Morgan fingerprint density at radius 3 is 2.67 bits per heavy atom. The first-order valence-electron chi connectivity index (χ1n) is 9.98. The molecule has 1 N–H and O–H groups in total. The molecular formula is C22H32O2. The molecule has 2 nitrogen and oxygen atoms in total. The number of aliphatic hydroxyl groups excluding tert-OH is 1. The van der Waals surface area contributed by atoms with Gasteiger partial charge in [-0.3, -0.25) is 4.79 Å². The van der Waals surface area contributed by atoms with Gasteiger partial charge in [0.25, 0.3) is 0 Å². The van der Waals surface area contributed by atoms with Crippen LogP contribution in [0.15, 0.2) is 0 Å². The number of terminal acetylenes is 1. The van der Waals surface area contributed by atoms with Crippen LogP contribution in [0.3, 0.4) is 0 Å². The van der Waals surface area contributed by atoms with E-state index in [0.717, 1.165) is 44.9 Å². The third kappa shape index (κ3) is 2.03. The number of fused-ring (bicyclic) bond motifs is 5. The molecule has 0 aromatic heterocycles. The molecule has 4 rings (SSSR count). The van der Waals surface area contributed by atoms with Crippen LogP contribution in [0.2, 0.25) is 0 Å². The van der Waals surface area contributed by atoms with Gasteiger partial charge in [0.15, 0.2) is 0 Å². The van der Waals surface area contributed by atoms with E-state index in [1.54, 1.807) is 0 Å². The zero-order valence-electron chi connectivity index (χ0n) is 15.4. The van der Waals surface area contributed by atoms with Crippen molar-refractivity contribution in [1.82, 2.24) is 0 Å². The highest BCUT2D eigenvalue weighted by molar-refractivity contribution is 5.87. The van der Waals surface area contributed by atoms with Crippen molar-refractivity contribution in [2.45, 2.75) is 71.8 Å². The third-order valence-corrected chi connectivity index (χ3v) is 8.98. The van der Waals surface area contributed by atoms with E-state index in [1.807, 2.05) is 0 Å². The Balaban J connectivity index is 1.73. The Hall–Kier alpha value is -0.810. The summed E-state index contributed by atoms with van der Waals surface area (Å²) in [5, 5.41) is 10.4. The van der Waals surface area contributed by atoms with Crippen molar-refractivity contribution in [2.24, 2.45) is 46.3 Å². The fourth-order valence-corrected chi connectivity index (χ4v) is 7.55. The van der Waals surface area contributed by atoms with Crippen LogP contribution in [-0.4, -0.2) is 17.0 Å². The van der Waals surface area contributed by atoms with Gasteiger partial charge in [-0.25, -0.2) is 0 Å². The summed E-state index contributed by atoms with van der Waals surface area (Å²) in [7, 11) is 0. The molecule has 0 aromatic rings. The predicted molar refractivity (Wildman–Crippen MR) is 95.0 cm³/mol. The maximum Gasteiger partial charge on any atom is 0.139 e. The van der Waals surface area contributed by atoms with E-state index >= 15 is 0 Å². The van der Waals surface area contributed by atoms with Crippen LogP contribution < -0.4 is 0 Å². The van der Waals surface area contributed by atoms with Crippen LogP contribution >= 0.6 is 0 Å². The van der Waals surface area contributed by atoms with Crippen LogP contribution in [0.25, 0.3) is 0 Å². The minimum Gasteiger partial charge on any atom is -0.393 e. The summed E-state index contributed by atoms with van der Waals surface area (Å²) in [5.41, 5.74) is 0.183. The average molecular weight is 328 g/mol. The largest absolute Gasteiger partial charge is 0.393 e. The Bertz CT molecular complexity index is 589. The van der Waals surface area contributed by atoms with Crippen molar-refractivity contribution in [1.29, 1.82) is 0 Å². The molecule has 0 saturated heterocycles. The first kappa shape index (κ1) is 16.6. The van der Waals surface area contributed by atoms with Gasteiger partial charge in [0.1, 0.15) is 5.78 Å². The topological polar surface area (TPSA) is 37.3 Å². The molecule has 4 aliphatic carbocycles. The molecule has 4 fully saturated rings. The highest BCUT2D eigenvalue weighted by atomic mass is 16.3. The summed E-state index contributed by atoms with van der Waals surface area (Å²) in [6.45, 7) is 6.91. The SMILES string of the molecule is C#C[C@H]1C[C@H]2C[C@@H](O)[C@H](C)C[C@]2(C)[C@H]2CC[C@]3(C)C(=O)CC[C@H]3[C@H]12. The van der Waals surface area contributed by atoms with Crippen LogP contribution in [0.4, 0.5) is 0 Å². The summed E-state index contributed by atoms with van der Waals surface area (Å²) in [6, 6.07) is 0. The second-order valence-corrected chi connectivity index (χ2v) is 9.90. The molecule has 0 radical (unpaired) electrons. The lowest BCUT2D eigenvalue weighted by molar-refractivity contribution is -0.156. The molecule has 132 valence electrons. The van der Waals surface area contributed by atoms with E-state index in [2.05, 4.69) is 26.7 Å². The fraction of sp³-hybridized carbons (Fsp3) is 0.864. The number of carbonyl (C=O) groups excluding carboxylic acids is 1. The molecule has 24 heavy (non-hydrogen) atoms. The molecule has 4 saturated carbocycles. The van der Waals surface area contributed by atoms with Crippen molar-refractivity contribution in [3.8, 4) is 12.3 Å². The first-order chi connectivity index (χ1) is 11.3. The minimum absolute atomic E-state index is 0.112. The van der Waals surface area contributed by atoms with Gasteiger partial charge in [0.05, 0.1) is 6.10 Å². The van der Waals surface area contributed by atoms with Crippen molar-refractivity contribution >= 4 is 5.78 Å². The van der Waals surface area contributed by atoms with E-state index in [0.29, 0.717) is 46.7 Å². The third-order valence-electron chi connectivity index (χ3n) is 8.98. The van der Waals surface area contributed by atoms with Crippen molar-refractivity contribution in [2.75, 3.05) is 0 Å². The molecule has 0 heterocycles. The molecule has 0 spiro atoms. The van der Waals surface area contributed by atoms with Gasteiger partial charge < -0.3 is 5.11 Å². The second kappa shape index (κ2) is 5.34. The van der Waals surface area contributed by atoms with Gasteiger partial charge in [-0.05, 0) is 73.5 Å².